The summed E-state index contributed by atoms with van der Waals surface area (Å²) in [6.45, 7) is 2.63. The molecule has 1 spiro atoms. The van der Waals surface area contributed by atoms with Gasteiger partial charge in [-0.25, -0.2) is 0 Å². The largest absolute Gasteiger partial charge is 0.491 e. The van der Waals surface area contributed by atoms with Gasteiger partial charge in [0.15, 0.2) is 0 Å². The molecular formula is C17H25NO2. The lowest BCUT2D eigenvalue weighted by Crippen LogP contribution is -2.27. The quantitative estimate of drug-likeness (QED) is 0.913. The summed E-state index contributed by atoms with van der Waals surface area (Å²) in [5, 5.41) is 0. The molecule has 110 valence electrons. The second-order valence-electron chi connectivity index (χ2n) is 6.31. The Morgan fingerprint density at radius 3 is 2.80 bits per heavy atom. The van der Waals surface area contributed by atoms with Crippen molar-refractivity contribution in [3.05, 3.63) is 29.8 Å². The van der Waals surface area contributed by atoms with Gasteiger partial charge in [-0.2, -0.15) is 0 Å². The normalized spacial score (nSPS) is 26.0. The Labute approximate surface area is 121 Å². The van der Waals surface area contributed by atoms with E-state index in [0.29, 0.717) is 6.61 Å². The topological polar surface area (TPSA) is 44.5 Å². The lowest BCUT2D eigenvalue weighted by Gasteiger charge is -2.24. The molecule has 1 saturated carbocycles. The van der Waals surface area contributed by atoms with Gasteiger partial charge < -0.3 is 15.2 Å². The number of hydrogen-bond acceptors (Lipinski definition) is 3. The van der Waals surface area contributed by atoms with E-state index < -0.39 is 0 Å². The third kappa shape index (κ3) is 2.84. The van der Waals surface area contributed by atoms with Gasteiger partial charge >= 0.3 is 0 Å². The van der Waals surface area contributed by atoms with Crippen LogP contribution in [0, 0.1) is 0 Å². The van der Waals surface area contributed by atoms with Gasteiger partial charge in [0.2, 0.25) is 0 Å². The van der Waals surface area contributed by atoms with Crippen LogP contribution in [0.3, 0.4) is 0 Å². The molecule has 1 unspecified atom stereocenters. The highest BCUT2D eigenvalue weighted by Crippen LogP contribution is 2.43. The number of benzene rings is 1. The summed E-state index contributed by atoms with van der Waals surface area (Å²) < 4.78 is 12.3. The Kier molecular flexibility index (Phi) is 3.99. The Hall–Kier alpha value is -1.06. The van der Waals surface area contributed by atoms with E-state index in [2.05, 4.69) is 0 Å². The van der Waals surface area contributed by atoms with E-state index in [0.717, 1.165) is 17.7 Å². The fourth-order valence-corrected chi connectivity index (χ4v) is 3.57. The summed E-state index contributed by atoms with van der Waals surface area (Å²) in [6, 6.07) is 8.03. The minimum absolute atomic E-state index is 0.00290. The molecule has 2 N–H and O–H groups in total. The zero-order valence-electron chi connectivity index (χ0n) is 12.3. The summed E-state index contributed by atoms with van der Waals surface area (Å²) in [5.74, 6) is 0.901. The molecule has 1 aliphatic heterocycles. The third-order valence-corrected chi connectivity index (χ3v) is 4.69. The first-order chi connectivity index (χ1) is 9.69. The van der Waals surface area contributed by atoms with E-state index >= 15 is 0 Å². The van der Waals surface area contributed by atoms with Crippen LogP contribution in [0.2, 0.25) is 0 Å². The van der Waals surface area contributed by atoms with Crippen molar-refractivity contribution in [2.75, 3.05) is 6.61 Å². The van der Waals surface area contributed by atoms with Gasteiger partial charge in [-0.1, -0.05) is 31.0 Å². The maximum absolute atomic E-state index is 6.28. The average molecular weight is 275 g/mol. The van der Waals surface area contributed by atoms with Crippen LogP contribution in [0.25, 0.3) is 0 Å². The molecule has 0 bridgehead atoms. The van der Waals surface area contributed by atoms with E-state index in [9.17, 15) is 0 Å². The van der Waals surface area contributed by atoms with Crippen LogP contribution >= 0.6 is 0 Å². The molecule has 1 saturated heterocycles. The smallest absolute Gasteiger partial charge is 0.124 e. The predicted octanol–water partition coefficient (Wildman–Crippen LogP) is 3.58. The van der Waals surface area contributed by atoms with Crippen molar-refractivity contribution in [3.63, 3.8) is 0 Å². The number of rotatable bonds is 4. The fourth-order valence-electron chi connectivity index (χ4n) is 3.57. The van der Waals surface area contributed by atoms with Gasteiger partial charge in [-0.15, -0.1) is 0 Å². The Morgan fingerprint density at radius 2 is 2.05 bits per heavy atom. The van der Waals surface area contributed by atoms with E-state index in [-0.39, 0.29) is 17.7 Å². The van der Waals surface area contributed by atoms with Crippen LogP contribution in [-0.4, -0.2) is 18.3 Å². The maximum Gasteiger partial charge on any atom is 0.124 e. The third-order valence-electron chi connectivity index (χ3n) is 4.69. The Bertz CT molecular complexity index is 452. The summed E-state index contributed by atoms with van der Waals surface area (Å²) >= 11 is 0. The van der Waals surface area contributed by atoms with Crippen molar-refractivity contribution in [1.29, 1.82) is 0 Å². The number of para-hydroxylation sites is 1. The number of nitrogens with two attached hydrogens (primary N) is 1. The van der Waals surface area contributed by atoms with Crippen molar-refractivity contribution in [2.24, 2.45) is 5.73 Å². The second-order valence-corrected chi connectivity index (χ2v) is 6.31. The molecular weight excluding hydrogens is 250 g/mol. The Balaban J connectivity index is 1.58. The van der Waals surface area contributed by atoms with Crippen LogP contribution in [0.4, 0.5) is 0 Å². The fraction of sp³-hybridized carbons (Fsp3) is 0.647. The predicted molar refractivity (Wildman–Crippen MR) is 79.8 cm³/mol. The minimum Gasteiger partial charge on any atom is -0.491 e. The average Bonchev–Trinajstić information content (AvgIpc) is 3.07. The van der Waals surface area contributed by atoms with E-state index in [1.807, 2.05) is 31.2 Å². The molecule has 3 nitrogen and oxygen atoms in total. The molecule has 0 radical (unpaired) electrons. The van der Waals surface area contributed by atoms with E-state index in [1.54, 1.807) is 0 Å². The molecule has 3 heteroatoms. The minimum atomic E-state index is -0.00290. The molecule has 0 aromatic heterocycles. The van der Waals surface area contributed by atoms with Gasteiger partial charge in [0, 0.05) is 11.6 Å². The highest BCUT2D eigenvalue weighted by Gasteiger charge is 2.42. The van der Waals surface area contributed by atoms with Crippen LogP contribution in [0.15, 0.2) is 24.3 Å². The van der Waals surface area contributed by atoms with Gasteiger partial charge in [-0.3, -0.25) is 0 Å². The number of hydrogen-bond donors (Lipinski definition) is 1. The van der Waals surface area contributed by atoms with Crippen molar-refractivity contribution in [3.8, 4) is 5.75 Å². The van der Waals surface area contributed by atoms with Crippen molar-refractivity contribution >= 4 is 0 Å². The molecule has 3 rings (SSSR count). The van der Waals surface area contributed by atoms with Crippen molar-refractivity contribution in [2.45, 2.75) is 63.2 Å². The van der Waals surface area contributed by atoms with Crippen molar-refractivity contribution < 1.29 is 9.47 Å². The van der Waals surface area contributed by atoms with Crippen LogP contribution in [0.1, 0.15) is 57.1 Å². The molecule has 1 aromatic carbocycles. The number of ether oxygens (including phenoxy) is 2. The lowest BCUT2D eigenvalue weighted by atomic mass is 9.98. The molecule has 20 heavy (non-hydrogen) atoms. The van der Waals surface area contributed by atoms with Gasteiger partial charge in [0.1, 0.15) is 12.4 Å². The maximum atomic E-state index is 6.28. The molecule has 1 heterocycles. The van der Waals surface area contributed by atoms with E-state index in [4.69, 9.17) is 15.2 Å². The van der Waals surface area contributed by atoms with Gasteiger partial charge in [0.25, 0.3) is 0 Å². The monoisotopic (exact) mass is 275 g/mol. The van der Waals surface area contributed by atoms with Gasteiger partial charge in [0.05, 0.1) is 11.7 Å². The summed E-state index contributed by atoms with van der Waals surface area (Å²) in [4.78, 5) is 0. The van der Waals surface area contributed by atoms with E-state index in [1.165, 1.54) is 32.1 Å². The summed E-state index contributed by atoms with van der Waals surface area (Å²) in [7, 11) is 0. The summed E-state index contributed by atoms with van der Waals surface area (Å²) in [5.41, 5.74) is 7.24. The molecule has 1 aromatic rings. The van der Waals surface area contributed by atoms with Crippen LogP contribution in [0.5, 0.6) is 5.75 Å². The molecule has 0 amide bonds. The highest BCUT2D eigenvalue weighted by molar-refractivity contribution is 5.35. The zero-order chi connectivity index (χ0) is 14.0. The SMILES string of the molecule is C[C@H](N)c1ccccc1OCC1CCC2(CCCC2)O1. The first-order valence-electron chi connectivity index (χ1n) is 7.84. The second kappa shape index (κ2) is 5.74. The molecule has 2 atom stereocenters. The standard InChI is InChI=1S/C17H25NO2/c1-13(18)15-6-2-3-7-16(15)19-12-14-8-11-17(20-14)9-4-5-10-17/h2-3,6-7,13-14H,4-5,8-12,18H2,1H3/t13-,14?/m0/s1. The highest BCUT2D eigenvalue weighted by atomic mass is 16.6. The zero-order valence-corrected chi connectivity index (χ0v) is 12.3. The van der Waals surface area contributed by atoms with Gasteiger partial charge in [-0.05, 0) is 38.7 Å². The first-order valence-corrected chi connectivity index (χ1v) is 7.84. The van der Waals surface area contributed by atoms with Crippen LogP contribution in [-0.2, 0) is 4.74 Å². The lowest BCUT2D eigenvalue weighted by molar-refractivity contribution is -0.0509. The Morgan fingerprint density at radius 1 is 1.30 bits per heavy atom. The summed E-state index contributed by atoms with van der Waals surface area (Å²) in [6.07, 6.45) is 7.69. The first kappa shape index (κ1) is 13.9. The van der Waals surface area contributed by atoms with Crippen molar-refractivity contribution in [1.82, 2.24) is 0 Å². The molecule has 2 fully saturated rings. The molecule has 1 aliphatic carbocycles. The van der Waals surface area contributed by atoms with Crippen LogP contribution < -0.4 is 10.5 Å². The molecule has 2 aliphatic rings.